The third-order valence-electron chi connectivity index (χ3n) is 1.94. The number of hydrogen-bond acceptors (Lipinski definition) is 4. The topological polar surface area (TPSA) is 65.6 Å². The molecule has 2 aromatic heterocycles. The van der Waals surface area contributed by atoms with Gasteiger partial charge in [0, 0.05) is 12.4 Å². The van der Waals surface area contributed by atoms with Gasteiger partial charge < -0.3 is 9.14 Å². The average Bonchev–Trinajstić information content (AvgIpc) is 2.67. The molecule has 78 valence electrons. The summed E-state index contributed by atoms with van der Waals surface area (Å²) in [4.78, 5) is 26.9. The zero-order valence-electron chi connectivity index (χ0n) is 8.08. The molecule has 0 saturated carbocycles. The van der Waals surface area contributed by atoms with E-state index in [-0.39, 0.29) is 6.61 Å². The van der Waals surface area contributed by atoms with Crippen LogP contribution in [-0.2, 0) is 4.74 Å². The molecule has 0 amide bonds. The van der Waals surface area contributed by atoms with E-state index in [9.17, 15) is 9.59 Å². The van der Waals surface area contributed by atoms with Crippen LogP contribution < -0.4 is 5.56 Å². The molecule has 15 heavy (non-hydrogen) atoms. The highest BCUT2D eigenvalue weighted by Gasteiger charge is 2.09. The van der Waals surface area contributed by atoms with Crippen LogP contribution in [0.3, 0.4) is 0 Å². The van der Waals surface area contributed by atoms with Gasteiger partial charge in [0.05, 0.1) is 19.1 Å². The fourth-order valence-electron chi connectivity index (χ4n) is 1.26. The largest absolute Gasteiger partial charge is 0.449 e. The van der Waals surface area contributed by atoms with Gasteiger partial charge in [0.2, 0.25) is 0 Å². The number of rotatable bonds is 1. The normalized spacial score (nSPS) is 10.5. The lowest BCUT2D eigenvalue weighted by Gasteiger charge is -2.04. The van der Waals surface area contributed by atoms with Crippen molar-refractivity contribution in [3.8, 4) is 0 Å². The van der Waals surface area contributed by atoms with Gasteiger partial charge in [-0.3, -0.25) is 4.79 Å². The second-order valence-corrected chi connectivity index (χ2v) is 2.86. The number of ether oxygens (including phenoxy) is 1. The Labute approximate surface area is 84.7 Å². The van der Waals surface area contributed by atoms with Crippen LogP contribution >= 0.6 is 0 Å². The van der Waals surface area contributed by atoms with E-state index in [4.69, 9.17) is 4.74 Å². The molecule has 2 aromatic rings. The highest BCUT2D eigenvalue weighted by atomic mass is 16.5. The van der Waals surface area contributed by atoms with Crippen molar-refractivity contribution in [3.05, 3.63) is 35.3 Å². The van der Waals surface area contributed by atoms with Crippen molar-refractivity contribution in [2.45, 2.75) is 6.92 Å². The van der Waals surface area contributed by atoms with Crippen LogP contribution in [0.25, 0.3) is 5.52 Å². The Balaban J connectivity index is 2.57. The molecule has 2 heterocycles. The molecule has 0 aromatic carbocycles. The number of imidazole rings is 1. The first-order valence-corrected chi connectivity index (χ1v) is 4.44. The smallest absolute Gasteiger partial charge is 0.421 e. The molecule has 0 radical (unpaired) electrons. The van der Waals surface area contributed by atoms with E-state index in [2.05, 4.69) is 4.98 Å². The van der Waals surface area contributed by atoms with Gasteiger partial charge in [-0.25, -0.2) is 14.3 Å². The van der Waals surface area contributed by atoms with Gasteiger partial charge in [0.1, 0.15) is 5.52 Å². The Morgan fingerprint density at radius 1 is 1.53 bits per heavy atom. The molecule has 0 bridgehead atoms. The predicted octanol–water partition coefficient (Wildman–Crippen LogP) is 0.501. The molecule has 0 unspecified atom stereocenters. The standard InChI is InChI=1S/C9H9N3O3/c1-2-15-9(14)12-4-3-11-6-10-5-7(11)8(12)13/h3-6H,2H2,1H3. The van der Waals surface area contributed by atoms with Crippen LogP contribution in [0.5, 0.6) is 0 Å². The first-order chi connectivity index (χ1) is 7.24. The molecule has 2 rings (SSSR count). The fourth-order valence-corrected chi connectivity index (χ4v) is 1.26. The van der Waals surface area contributed by atoms with E-state index in [1.165, 1.54) is 23.1 Å². The number of hydrogen-bond donors (Lipinski definition) is 0. The van der Waals surface area contributed by atoms with E-state index in [0.717, 1.165) is 4.57 Å². The van der Waals surface area contributed by atoms with Crippen molar-refractivity contribution in [2.75, 3.05) is 6.61 Å². The minimum absolute atomic E-state index is 0.232. The number of carbonyl (C=O) groups is 1. The lowest BCUT2D eigenvalue weighted by atomic mass is 10.5. The summed E-state index contributed by atoms with van der Waals surface area (Å²) in [5, 5.41) is 0. The number of aromatic nitrogens is 3. The minimum atomic E-state index is -0.675. The van der Waals surface area contributed by atoms with Crippen molar-refractivity contribution >= 4 is 11.6 Å². The molecule has 0 N–H and O–H groups in total. The second kappa shape index (κ2) is 3.56. The van der Waals surface area contributed by atoms with Crippen molar-refractivity contribution in [3.63, 3.8) is 0 Å². The number of nitrogens with zero attached hydrogens (tertiary/aromatic N) is 3. The van der Waals surface area contributed by atoms with Gasteiger partial charge in [-0.05, 0) is 6.92 Å². The van der Waals surface area contributed by atoms with Crippen molar-refractivity contribution in [2.24, 2.45) is 0 Å². The Kier molecular flexibility index (Phi) is 2.24. The second-order valence-electron chi connectivity index (χ2n) is 2.86. The summed E-state index contributed by atoms with van der Waals surface area (Å²) in [6, 6.07) is 0. The summed E-state index contributed by atoms with van der Waals surface area (Å²) in [6.45, 7) is 1.91. The van der Waals surface area contributed by atoms with Gasteiger partial charge in [0.25, 0.3) is 5.56 Å². The summed E-state index contributed by atoms with van der Waals surface area (Å²) in [5.41, 5.74) is -0.0981. The Bertz CT molecular complexity index is 555. The van der Waals surface area contributed by atoms with Gasteiger partial charge >= 0.3 is 6.09 Å². The molecular weight excluding hydrogens is 198 g/mol. The van der Waals surface area contributed by atoms with Crippen LogP contribution in [-0.4, -0.2) is 26.7 Å². The monoisotopic (exact) mass is 207 g/mol. The molecule has 0 spiro atoms. The minimum Gasteiger partial charge on any atom is -0.449 e. The first-order valence-electron chi connectivity index (χ1n) is 4.44. The highest BCUT2D eigenvalue weighted by Crippen LogP contribution is 1.95. The van der Waals surface area contributed by atoms with Crippen LogP contribution in [0.15, 0.2) is 29.7 Å². The number of carbonyl (C=O) groups excluding carboxylic acids is 1. The van der Waals surface area contributed by atoms with Crippen molar-refractivity contribution < 1.29 is 9.53 Å². The number of fused-ring (bicyclic) bond motifs is 1. The molecule has 0 aliphatic rings. The van der Waals surface area contributed by atoms with Crippen molar-refractivity contribution in [1.29, 1.82) is 0 Å². The van der Waals surface area contributed by atoms with Gasteiger partial charge in [-0.15, -0.1) is 0 Å². The van der Waals surface area contributed by atoms with Crippen LogP contribution in [0.2, 0.25) is 0 Å². The first kappa shape index (κ1) is 9.45. The van der Waals surface area contributed by atoms with E-state index < -0.39 is 11.7 Å². The van der Waals surface area contributed by atoms with Gasteiger partial charge in [-0.1, -0.05) is 0 Å². The third-order valence-corrected chi connectivity index (χ3v) is 1.94. The molecule has 0 saturated heterocycles. The summed E-state index contributed by atoms with van der Waals surface area (Å²) < 4.78 is 7.19. The van der Waals surface area contributed by atoms with Gasteiger partial charge in [0.15, 0.2) is 0 Å². The molecule has 6 heteroatoms. The van der Waals surface area contributed by atoms with Crippen molar-refractivity contribution in [1.82, 2.24) is 14.0 Å². The zero-order valence-corrected chi connectivity index (χ0v) is 8.08. The summed E-state index contributed by atoms with van der Waals surface area (Å²) in [6.07, 6.45) is 5.14. The Morgan fingerprint density at radius 2 is 2.33 bits per heavy atom. The molecule has 0 aliphatic heterocycles. The van der Waals surface area contributed by atoms with Gasteiger partial charge in [-0.2, -0.15) is 0 Å². The molecule has 6 nitrogen and oxygen atoms in total. The average molecular weight is 207 g/mol. The third kappa shape index (κ3) is 1.50. The quantitative estimate of drug-likeness (QED) is 0.683. The Hall–Kier alpha value is -2.11. The predicted molar refractivity (Wildman–Crippen MR) is 51.9 cm³/mol. The molecule has 0 aliphatic carbocycles. The summed E-state index contributed by atoms with van der Waals surface area (Å²) in [5.74, 6) is 0. The van der Waals surface area contributed by atoms with E-state index in [0.29, 0.717) is 5.52 Å². The molecular formula is C9H9N3O3. The zero-order chi connectivity index (χ0) is 10.8. The van der Waals surface area contributed by atoms with Crippen LogP contribution in [0.1, 0.15) is 6.92 Å². The lowest BCUT2D eigenvalue weighted by molar-refractivity contribution is 0.153. The molecule has 0 fully saturated rings. The maximum absolute atomic E-state index is 11.7. The maximum atomic E-state index is 11.7. The highest BCUT2D eigenvalue weighted by molar-refractivity contribution is 5.71. The van der Waals surface area contributed by atoms with E-state index in [1.807, 2.05) is 0 Å². The van der Waals surface area contributed by atoms with E-state index in [1.54, 1.807) is 13.1 Å². The summed E-state index contributed by atoms with van der Waals surface area (Å²) >= 11 is 0. The van der Waals surface area contributed by atoms with E-state index >= 15 is 0 Å². The SMILES string of the molecule is CCOC(=O)n1ccn2cncc2c1=O. The molecule has 0 atom stereocenters. The summed E-state index contributed by atoms with van der Waals surface area (Å²) in [7, 11) is 0. The van der Waals surface area contributed by atoms with Crippen LogP contribution in [0, 0.1) is 0 Å². The maximum Gasteiger partial charge on any atom is 0.421 e. The lowest BCUT2D eigenvalue weighted by Crippen LogP contribution is -2.28. The van der Waals surface area contributed by atoms with Crippen LogP contribution in [0.4, 0.5) is 4.79 Å². The Morgan fingerprint density at radius 3 is 3.07 bits per heavy atom. The fraction of sp³-hybridized carbons (Fsp3) is 0.222.